The Morgan fingerprint density at radius 1 is 1.44 bits per heavy atom. The standard InChI is InChI=1S/C10H10F2N2O.ClH/c11-10(12)15-8-3-1-2-7(6-8)9(14)4-5-13;/h1-3,6,9-10H,4,14H2;1H/t9-;/m0./s1. The van der Waals surface area contributed by atoms with Crippen molar-refractivity contribution in [2.75, 3.05) is 0 Å². The highest BCUT2D eigenvalue weighted by atomic mass is 35.5. The van der Waals surface area contributed by atoms with E-state index in [-0.39, 0.29) is 24.6 Å². The Balaban J connectivity index is 0.00000225. The van der Waals surface area contributed by atoms with Crippen LogP contribution < -0.4 is 10.5 Å². The van der Waals surface area contributed by atoms with Gasteiger partial charge >= 0.3 is 6.61 Å². The molecule has 0 saturated carbocycles. The summed E-state index contributed by atoms with van der Waals surface area (Å²) < 4.78 is 28.0. The molecule has 1 aromatic rings. The van der Waals surface area contributed by atoms with Gasteiger partial charge in [-0.15, -0.1) is 12.4 Å². The molecular weight excluding hydrogens is 238 g/mol. The number of hydrogen-bond donors (Lipinski definition) is 1. The first kappa shape index (κ1) is 14.6. The lowest BCUT2D eigenvalue weighted by atomic mass is 10.1. The molecule has 6 heteroatoms. The van der Waals surface area contributed by atoms with E-state index in [2.05, 4.69) is 4.74 Å². The van der Waals surface area contributed by atoms with E-state index in [4.69, 9.17) is 11.0 Å². The second-order valence-electron chi connectivity index (χ2n) is 2.92. The van der Waals surface area contributed by atoms with E-state index in [9.17, 15) is 8.78 Å². The molecule has 0 radical (unpaired) electrons. The van der Waals surface area contributed by atoms with Gasteiger partial charge in [0.15, 0.2) is 0 Å². The van der Waals surface area contributed by atoms with Gasteiger partial charge in [0.2, 0.25) is 0 Å². The van der Waals surface area contributed by atoms with Crippen LogP contribution in [0.2, 0.25) is 0 Å². The number of benzene rings is 1. The Morgan fingerprint density at radius 2 is 2.12 bits per heavy atom. The second-order valence-corrected chi connectivity index (χ2v) is 2.92. The van der Waals surface area contributed by atoms with Gasteiger partial charge in [-0.05, 0) is 17.7 Å². The third-order valence-electron chi connectivity index (χ3n) is 1.82. The molecule has 88 valence electrons. The van der Waals surface area contributed by atoms with Crippen LogP contribution in [0.25, 0.3) is 0 Å². The number of rotatable bonds is 4. The third-order valence-corrected chi connectivity index (χ3v) is 1.82. The predicted molar refractivity (Wildman–Crippen MR) is 57.5 cm³/mol. The van der Waals surface area contributed by atoms with Gasteiger partial charge in [-0.3, -0.25) is 0 Å². The van der Waals surface area contributed by atoms with E-state index in [1.807, 2.05) is 6.07 Å². The van der Waals surface area contributed by atoms with Crippen LogP contribution in [-0.4, -0.2) is 6.61 Å². The van der Waals surface area contributed by atoms with Gasteiger partial charge in [0.05, 0.1) is 12.5 Å². The fraction of sp³-hybridized carbons (Fsp3) is 0.300. The topological polar surface area (TPSA) is 59.0 Å². The van der Waals surface area contributed by atoms with Crippen molar-refractivity contribution >= 4 is 12.4 Å². The molecule has 0 aliphatic rings. The van der Waals surface area contributed by atoms with Crippen LogP contribution >= 0.6 is 12.4 Å². The molecule has 0 spiro atoms. The number of ether oxygens (including phenoxy) is 1. The Kier molecular flexibility index (Phi) is 6.38. The highest BCUT2D eigenvalue weighted by Crippen LogP contribution is 2.20. The molecule has 1 aromatic carbocycles. The molecule has 0 aromatic heterocycles. The van der Waals surface area contributed by atoms with Gasteiger partial charge in [0.1, 0.15) is 5.75 Å². The molecule has 0 bridgehead atoms. The second kappa shape index (κ2) is 6.99. The Morgan fingerprint density at radius 3 is 2.69 bits per heavy atom. The number of nitriles is 1. The Bertz CT molecular complexity index is 368. The highest BCUT2D eigenvalue weighted by molar-refractivity contribution is 5.85. The van der Waals surface area contributed by atoms with Gasteiger partial charge in [0, 0.05) is 6.04 Å². The van der Waals surface area contributed by atoms with Gasteiger partial charge in [-0.25, -0.2) is 0 Å². The minimum atomic E-state index is -2.85. The maximum absolute atomic E-state index is 11.9. The molecule has 0 fully saturated rings. The van der Waals surface area contributed by atoms with Crippen molar-refractivity contribution in [3.05, 3.63) is 29.8 Å². The zero-order chi connectivity index (χ0) is 11.3. The third kappa shape index (κ3) is 4.43. The van der Waals surface area contributed by atoms with Crippen molar-refractivity contribution in [1.29, 1.82) is 5.26 Å². The van der Waals surface area contributed by atoms with Crippen LogP contribution in [-0.2, 0) is 0 Å². The molecule has 0 amide bonds. The zero-order valence-corrected chi connectivity index (χ0v) is 9.08. The fourth-order valence-corrected chi connectivity index (χ4v) is 1.14. The number of nitrogens with zero attached hydrogens (tertiary/aromatic N) is 1. The van der Waals surface area contributed by atoms with Crippen LogP contribution in [0.3, 0.4) is 0 Å². The maximum atomic E-state index is 11.9. The first-order valence-electron chi connectivity index (χ1n) is 4.31. The van der Waals surface area contributed by atoms with E-state index in [1.54, 1.807) is 12.1 Å². The number of nitrogens with two attached hydrogens (primary N) is 1. The molecule has 2 N–H and O–H groups in total. The van der Waals surface area contributed by atoms with Gasteiger partial charge in [-0.1, -0.05) is 12.1 Å². The Labute approximate surface area is 98.2 Å². The Hall–Kier alpha value is -1.38. The zero-order valence-electron chi connectivity index (χ0n) is 8.27. The van der Waals surface area contributed by atoms with Crippen molar-refractivity contribution in [1.82, 2.24) is 0 Å². The summed E-state index contributed by atoms with van der Waals surface area (Å²) in [7, 11) is 0. The van der Waals surface area contributed by atoms with E-state index >= 15 is 0 Å². The molecule has 0 saturated heterocycles. The molecule has 1 atom stereocenters. The van der Waals surface area contributed by atoms with Crippen molar-refractivity contribution in [3.63, 3.8) is 0 Å². The molecule has 0 heterocycles. The van der Waals surface area contributed by atoms with E-state index in [0.717, 1.165) is 0 Å². The molecule has 0 unspecified atom stereocenters. The molecule has 16 heavy (non-hydrogen) atoms. The summed E-state index contributed by atoms with van der Waals surface area (Å²) in [5.41, 5.74) is 6.25. The maximum Gasteiger partial charge on any atom is 0.387 e. The van der Waals surface area contributed by atoms with Crippen LogP contribution in [0.5, 0.6) is 5.75 Å². The summed E-state index contributed by atoms with van der Waals surface area (Å²) >= 11 is 0. The van der Waals surface area contributed by atoms with E-state index < -0.39 is 12.7 Å². The van der Waals surface area contributed by atoms with E-state index in [1.165, 1.54) is 12.1 Å². The predicted octanol–water partition coefficient (Wildman–Crippen LogP) is 2.62. The summed E-state index contributed by atoms with van der Waals surface area (Å²) in [5, 5.41) is 8.43. The van der Waals surface area contributed by atoms with Crippen LogP contribution in [0.15, 0.2) is 24.3 Å². The fourth-order valence-electron chi connectivity index (χ4n) is 1.14. The largest absolute Gasteiger partial charge is 0.435 e. The van der Waals surface area contributed by atoms with Crippen molar-refractivity contribution in [2.45, 2.75) is 19.1 Å². The molecule has 3 nitrogen and oxygen atoms in total. The molecular formula is C10H11ClF2N2O. The SMILES string of the molecule is Cl.N#CC[C@H](N)c1cccc(OC(F)F)c1. The lowest BCUT2D eigenvalue weighted by Gasteiger charge is -2.10. The quantitative estimate of drug-likeness (QED) is 0.891. The average molecular weight is 249 g/mol. The van der Waals surface area contributed by atoms with Gasteiger partial charge < -0.3 is 10.5 Å². The summed E-state index contributed by atoms with van der Waals surface area (Å²) in [6.45, 7) is -2.85. The van der Waals surface area contributed by atoms with Crippen LogP contribution in [0.4, 0.5) is 8.78 Å². The minimum absolute atomic E-state index is 0. The highest BCUT2D eigenvalue weighted by Gasteiger charge is 2.08. The van der Waals surface area contributed by atoms with Crippen molar-refractivity contribution in [3.8, 4) is 11.8 Å². The minimum Gasteiger partial charge on any atom is -0.435 e. The first-order chi connectivity index (χ1) is 7.13. The summed E-state index contributed by atoms with van der Waals surface area (Å²) in [5.74, 6) is 0.0517. The smallest absolute Gasteiger partial charge is 0.387 e. The van der Waals surface area contributed by atoms with Crippen LogP contribution in [0, 0.1) is 11.3 Å². The summed E-state index contributed by atoms with van der Waals surface area (Å²) in [4.78, 5) is 0. The monoisotopic (exact) mass is 248 g/mol. The van der Waals surface area contributed by atoms with Crippen LogP contribution in [0.1, 0.15) is 18.0 Å². The van der Waals surface area contributed by atoms with Crippen molar-refractivity contribution in [2.24, 2.45) is 5.73 Å². The van der Waals surface area contributed by atoms with E-state index in [0.29, 0.717) is 5.56 Å². The number of alkyl halides is 2. The summed E-state index contributed by atoms with van der Waals surface area (Å²) in [6, 6.07) is 7.49. The number of hydrogen-bond acceptors (Lipinski definition) is 3. The van der Waals surface area contributed by atoms with Crippen molar-refractivity contribution < 1.29 is 13.5 Å². The lowest BCUT2D eigenvalue weighted by molar-refractivity contribution is -0.0498. The van der Waals surface area contributed by atoms with Gasteiger partial charge in [-0.2, -0.15) is 14.0 Å². The molecule has 1 rings (SSSR count). The lowest BCUT2D eigenvalue weighted by Crippen LogP contribution is -2.10. The molecule has 0 aliphatic heterocycles. The first-order valence-corrected chi connectivity index (χ1v) is 4.31. The summed E-state index contributed by atoms with van der Waals surface area (Å²) in [6.07, 6.45) is 0.137. The average Bonchev–Trinajstić information content (AvgIpc) is 2.17. The number of halogens is 3. The molecule has 0 aliphatic carbocycles. The normalized spacial score (nSPS) is 11.4. The van der Waals surface area contributed by atoms with Gasteiger partial charge in [0.25, 0.3) is 0 Å².